The number of aliphatic carboxylic acids is 1. The lowest BCUT2D eigenvalue weighted by Gasteiger charge is -2.26. The van der Waals surface area contributed by atoms with Crippen LogP contribution in [0.4, 0.5) is 0 Å². The van der Waals surface area contributed by atoms with Crippen LogP contribution < -0.4 is 5.11 Å². The number of ether oxygens (including phenoxy) is 4. The molecule has 0 N–H and O–H groups in total. The molecular weight excluding hydrogens is 1020 g/mol. The molecule has 0 bridgehead atoms. The molecule has 82 heavy (non-hydrogen) atoms. The quantitative estimate of drug-likeness (QED) is 0.0195. The monoisotopic (exact) mass is 1160 g/mol. The summed E-state index contributed by atoms with van der Waals surface area (Å²) >= 11 is 0. The van der Waals surface area contributed by atoms with Gasteiger partial charge in [-0.1, -0.05) is 326 Å². The second-order valence-electron chi connectivity index (χ2n) is 25.5. The van der Waals surface area contributed by atoms with Crippen molar-refractivity contribution < 1.29 is 42.9 Å². The van der Waals surface area contributed by atoms with Crippen LogP contribution >= 0.6 is 0 Å². The molecule has 0 aliphatic carbocycles. The number of quaternary nitrogens is 1. The smallest absolute Gasteiger partial charge is 0.306 e. The van der Waals surface area contributed by atoms with Gasteiger partial charge in [-0.05, 0) is 51.4 Å². The number of carbonyl (C=O) groups excluding carboxylic acids is 3. The maximum absolute atomic E-state index is 12.9. The molecule has 0 aromatic carbocycles. The molecule has 9 nitrogen and oxygen atoms in total. The van der Waals surface area contributed by atoms with Gasteiger partial charge in [0.05, 0.1) is 40.3 Å². The van der Waals surface area contributed by atoms with Crippen LogP contribution in [-0.2, 0) is 33.3 Å². The van der Waals surface area contributed by atoms with Gasteiger partial charge >= 0.3 is 11.9 Å². The first-order valence-electron chi connectivity index (χ1n) is 35.6. The van der Waals surface area contributed by atoms with Crippen molar-refractivity contribution in [1.29, 1.82) is 0 Å². The Morgan fingerprint density at radius 1 is 0.366 bits per heavy atom. The van der Waals surface area contributed by atoms with E-state index >= 15 is 0 Å². The van der Waals surface area contributed by atoms with Gasteiger partial charge in [0.25, 0.3) is 0 Å². The van der Waals surface area contributed by atoms with Gasteiger partial charge in [-0.25, -0.2) is 0 Å². The fraction of sp³-hybridized carbons (Fsp3) is 0.877. The summed E-state index contributed by atoms with van der Waals surface area (Å²) in [5.41, 5.74) is 0. The first-order chi connectivity index (χ1) is 40.1. The van der Waals surface area contributed by atoms with Gasteiger partial charge in [0.1, 0.15) is 13.2 Å². The van der Waals surface area contributed by atoms with Crippen LogP contribution in [0.5, 0.6) is 0 Å². The van der Waals surface area contributed by atoms with Crippen LogP contribution in [0, 0.1) is 0 Å². The van der Waals surface area contributed by atoms with Crippen molar-refractivity contribution >= 4 is 17.9 Å². The van der Waals surface area contributed by atoms with Crippen LogP contribution in [-0.4, -0.2) is 82.3 Å². The zero-order chi connectivity index (χ0) is 59.8. The lowest BCUT2D eigenvalue weighted by Crippen LogP contribution is -2.44. The number of hydrogen-bond acceptors (Lipinski definition) is 8. The van der Waals surface area contributed by atoms with Crippen molar-refractivity contribution in [3.63, 3.8) is 0 Å². The van der Waals surface area contributed by atoms with E-state index in [1.54, 1.807) is 0 Å². The Kier molecular flexibility index (Phi) is 62.5. The average Bonchev–Trinajstić information content (AvgIpc) is 3.45. The number of likely N-dealkylation sites (N-methyl/N-ethyl adjacent to an activating group) is 1. The summed E-state index contributed by atoms with van der Waals surface area (Å²) in [6.07, 6.45) is 78.1. The molecule has 482 valence electrons. The summed E-state index contributed by atoms with van der Waals surface area (Å²) in [5.74, 6) is -2.27. The molecule has 2 atom stereocenters. The number of allylic oxidation sites excluding steroid dienone is 6. The molecule has 0 radical (unpaired) electrons. The minimum atomic E-state index is -1.62. The number of carboxylic acid groups (broad SMARTS) is 1. The van der Waals surface area contributed by atoms with Gasteiger partial charge in [-0.15, -0.1) is 0 Å². The van der Waals surface area contributed by atoms with Crippen molar-refractivity contribution in [2.45, 2.75) is 367 Å². The third-order valence-electron chi connectivity index (χ3n) is 16.1. The molecule has 0 fully saturated rings. The van der Waals surface area contributed by atoms with Gasteiger partial charge in [0.2, 0.25) is 0 Å². The van der Waals surface area contributed by atoms with Crippen LogP contribution in [0.1, 0.15) is 354 Å². The zero-order valence-corrected chi connectivity index (χ0v) is 55.1. The fourth-order valence-corrected chi connectivity index (χ4v) is 10.7. The number of hydrogen-bond donors (Lipinski definition) is 0. The van der Waals surface area contributed by atoms with Gasteiger partial charge in [-0.3, -0.25) is 9.59 Å². The molecule has 0 spiro atoms. The van der Waals surface area contributed by atoms with Crippen molar-refractivity contribution in [3.8, 4) is 0 Å². The van der Waals surface area contributed by atoms with E-state index in [1.165, 1.54) is 263 Å². The zero-order valence-electron chi connectivity index (χ0n) is 55.1. The van der Waals surface area contributed by atoms with E-state index in [-0.39, 0.29) is 32.2 Å². The number of nitrogens with zero attached hydrogens (tertiary/aromatic N) is 1. The summed E-state index contributed by atoms with van der Waals surface area (Å²) in [6, 6.07) is 0. The Bertz CT molecular complexity index is 1440. The molecule has 0 heterocycles. The van der Waals surface area contributed by atoms with Crippen LogP contribution in [0.25, 0.3) is 0 Å². The third-order valence-corrected chi connectivity index (χ3v) is 16.1. The number of esters is 2. The van der Waals surface area contributed by atoms with Crippen LogP contribution in [0.15, 0.2) is 36.5 Å². The van der Waals surface area contributed by atoms with Crippen molar-refractivity contribution in [2.24, 2.45) is 0 Å². The molecule has 9 heteroatoms. The summed E-state index contributed by atoms with van der Waals surface area (Å²) in [6.45, 7) is 4.79. The normalized spacial score (nSPS) is 12.8. The molecule has 0 aliphatic heterocycles. The van der Waals surface area contributed by atoms with Crippen LogP contribution in [0.3, 0.4) is 0 Å². The van der Waals surface area contributed by atoms with Crippen molar-refractivity contribution in [1.82, 2.24) is 0 Å². The van der Waals surface area contributed by atoms with E-state index in [9.17, 15) is 19.5 Å². The maximum Gasteiger partial charge on any atom is 0.306 e. The summed E-state index contributed by atoms with van der Waals surface area (Å²) < 4.78 is 22.8. The molecule has 2 unspecified atom stereocenters. The largest absolute Gasteiger partial charge is 0.545 e. The van der Waals surface area contributed by atoms with Crippen molar-refractivity contribution in [3.05, 3.63) is 36.5 Å². The summed E-state index contributed by atoms with van der Waals surface area (Å²) in [7, 11) is 5.94. The molecule has 0 rings (SSSR count). The first kappa shape index (κ1) is 79.5. The summed E-state index contributed by atoms with van der Waals surface area (Å²) in [4.78, 5) is 37.5. The second kappa shape index (κ2) is 64.5. The van der Waals surface area contributed by atoms with E-state index in [0.717, 1.165) is 57.8 Å². The highest BCUT2D eigenvalue weighted by Gasteiger charge is 2.22. The van der Waals surface area contributed by atoms with Gasteiger partial charge < -0.3 is 33.3 Å². The van der Waals surface area contributed by atoms with E-state index in [4.69, 9.17) is 18.9 Å². The van der Waals surface area contributed by atoms with Crippen molar-refractivity contribution in [2.75, 3.05) is 47.5 Å². The third kappa shape index (κ3) is 65.1. The fourth-order valence-electron chi connectivity index (χ4n) is 10.7. The predicted octanol–water partition coefficient (Wildman–Crippen LogP) is 20.6. The number of carboxylic acids is 1. The standard InChI is InChI=1S/C73H137NO8/c1-6-8-10-12-14-16-18-20-22-24-26-28-30-31-32-33-34-35-36-37-38-39-40-42-43-45-47-49-51-53-55-57-59-61-63-70(75)80-67-69(68-81-73(72(77)78)79-66-65-74(3,4)5)82-71(76)64-62-60-58-56-54-52-50-48-46-44-41-29-27-25-23-21-19-17-15-13-11-9-7-2/h19,21,25,27,41,44,69,73H,6-18,20,22-24,26,28-40,42-43,45-68H2,1-5H3/b21-19-,27-25-,44-41-. The Labute approximate surface area is 509 Å². The highest BCUT2D eigenvalue weighted by atomic mass is 16.7. The SMILES string of the molecule is CCCCCCC/C=C\C/C=C\C/C=C\CCCCCCCCCCC(=O)OC(COC(=O)CCCCCCCCCCCCCCCCCCCCCCCCCCCCCCCCCCCC)COC(OCC[N+](C)(C)C)C(=O)[O-]. The van der Waals surface area contributed by atoms with Gasteiger partial charge in [0, 0.05) is 12.8 Å². The number of unbranched alkanes of at least 4 members (excludes halogenated alkanes) is 46. The molecular formula is C73H137NO8. The minimum Gasteiger partial charge on any atom is -0.545 e. The van der Waals surface area contributed by atoms with E-state index in [2.05, 4.69) is 50.3 Å². The second-order valence-corrected chi connectivity index (χ2v) is 25.5. The molecule has 0 aliphatic rings. The maximum atomic E-state index is 12.9. The Morgan fingerprint density at radius 2 is 0.659 bits per heavy atom. The molecule has 0 aromatic heterocycles. The van der Waals surface area contributed by atoms with Gasteiger partial charge in [-0.2, -0.15) is 0 Å². The Hall–Kier alpha value is -2.49. The predicted molar refractivity (Wildman–Crippen MR) is 348 cm³/mol. The lowest BCUT2D eigenvalue weighted by atomic mass is 10.0. The molecule has 0 saturated carbocycles. The van der Waals surface area contributed by atoms with Gasteiger partial charge in [0.15, 0.2) is 12.4 Å². The van der Waals surface area contributed by atoms with E-state index in [0.29, 0.717) is 23.9 Å². The highest BCUT2D eigenvalue weighted by molar-refractivity contribution is 5.70. The number of rotatable bonds is 67. The molecule has 0 saturated heterocycles. The lowest BCUT2D eigenvalue weighted by molar-refractivity contribution is -0.870. The average molecular weight is 1160 g/mol. The first-order valence-corrected chi connectivity index (χ1v) is 35.6. The Morgan fingerprint density at radius 3 is 0.976 bits per heavy atom. The van der Waals surface area contributed by atoms with E-state index < -0.39 is 24.3 Å². The van der Waals surface area contributed by atoms with E-state index in [1.807, 2.05) is 21.1 Å². The minimum absolute atomic E-state index is 0.147. The Balaban J connectivity index is 4.03. The molecule has 0 aromatic rings. The summed E-state index contributed by atoms with van der Waals surface area (Å²) in [5, 5.41) is 11.8. The highest BCUT2D eigenvalue weighted by Crippen LogP contribution is 2.19. The van der Waals surface area contributed by atoms with Crippen LogP contribution in [0.2, 0.25) is 0 Å². The number of carbonyl (C=O) groups is 3. The molecule has 0 amide bonds. The topological polar surface area (TPSA) is 111 Å².